The summed E-state index contributed by atoms with van der Waals surface area (Å²) in [5, 5.41) is 1.06. The average Bonchev–Trinajstić information content (AvgIpc) is 2.78. The third-order valence-electron chi connectivity index (χ3n) is 5.22. The molecule has 2 aromatic carbocycles. The van der Waals surface area contributed by atoms with Crippen molar-refractivity contribution in [2.24, 2.45) is 5.92 Å². The summed E-state index contributed by atoms with van der Waals surface area (Å²) in [6, 6.07) is 12.4. The summed E-state index contributed by atoms with van der Waals surface area (Å²) in [6.07, 6.45) is 0. The second-order valence-electron chi connectivity index (χ2n) is 8.04. The predicted molar refractivity (Wildman–Crippen MR) is 122 cm³/mol. The van der Waals surface area contributed by atoms with Crippen molar-refractivity contribution in [2.75, 3.05) is 37.7 Å². The molecule has 1 fully saturated rings. The molecular weight excluding hydrogens is 416 g/mol. The van der Waals surface area contributed by atoms with Crippen LogP contribution in [0.1, 0.15) is 24.2 Å². The first-order valence-electron chi connectivity index (χ1n) is 10.4. The van der Waals surface area contributed by atoms with E-state index in [1.165, 1.54) is 0 Å². The fourth-order valence-electron chi connectivity index (χ4n) is 3.53. The lowest BCUT2D eigenvalue weighted by molar-refractivity contribution is 0.0745. The number of amides is 1. The van der Waals surface area contributed by atoms with Gasteiger partial charge in [0.25, 0.3) is 11.5 Å². The normalized spacial score (nSPS) is 14.3. The van der Waals surface area contributed by atoms with Gasteiger partial charge in [0.15, 0.2) is 0 Å². The SMILES string of the molecule is CC(C)COc1cc(C(=O)N2CCN(c3nc4ccccc4c(=O)[nH]3)CC2)ccc1Cl. The summed E-state index contributed by atoms with van der Waals surface area (Å²) in [7, 11) is 0. The number of piperazine rings is 1. The molecule has 0 spiro atoms. The lowest BCUT2D eigenvalue weighted by Gasteiger charge is -2.35. The van der Waals surface area contributed by atoms with Crippen molar-refractivity contribution in [2.45, 2.75) is 13.8 Å². The van der Waals surface area contributed by atoms with Crippen LogP contribution in [0.4, 0.5) is 5.95 Å². The molecule has 0 aliphatic carbocycles. The Morgan fingerprint density at radius 1 is 1.16 bits per heavy atom. The van der Waals surface area contributed by atoms with E-state index in [9.17, 15) is 9.59 Å². The van der Waals surface area contributed by atoms with E-state index in [4.69, 9.17) is 16.3 Å². The maximum Gasteiger partial charge on any atom is 0.260 e. The number of para-hydroxylation sites is 1. The molecule has 162 valence electrons. The van der Waals surface area contributed by atoms with Gasteiger partial charge in [-0.25, -0.2) is 4.98 Å². The van der Waals surface area contributed by atoms with Crippen molar-refractivity contribution in [1.82, 2.24) is 14.9 Å². The standard InChI is InChI=1S/C23H25ClN4O3/c1-15(2)14-31-20-13-16(7-8-18(20)24)22(30)27-9-11-28(12-10-27)23-25-19-6-4-3-5-17(19)21(29)26-23/h3-8,13,15H,9-12,14H2,1-2H3,(H,25,26,29). The van der Waals surface area contributed by atoms with Gasteiger partial charge in [0.05, 0.1) is 22.5 Å². The third kappa shape index (κ3) is 4.66. The fourth-order valence-corrected chi connectivity index (χ4v) is 3.70. The molecule has 3 aromatic rings. The second kappa shape index (κ2) is 8.98. The molecular formula is C23H25ClN4O3. The minimum Gasteiger partial charge on any atom is -0.492 e. The number of fused-ring (bicyclic) bond motifs is 1. The maximum absolute atomic E-state index is 13.0. The number of nitrogens with one attached hydrogen (secondary N) is 1. The van der Waals surface area contributed by atoms with Crippen molar-refractivity contribution in [3.05, 3.63) is 63.4 Å². The Bertz CT molecular complexity index is 1150. The van der Waals surface area contributed by atoms with Crippen molar-refractivity contribution in [3.63, 3.8) is 0 Å². The zero-order chi connectivity index (χ0) is 22.0. The van der Waals surface area contributed by atoms with Crippen LogP contribution in [0, 0.1) is 5.92 Å². The zero-order valence-corrected chi connectivity index (χ0v) is 18.4. The van der Waals surface area contributed by atoms with E-state index >= 15 is 0 Å². The van der Waals surface area contributed by atoms with Crippen LogP contribution in [0.3, 0.4) is 0 Å². The van der Waals surface area contributed by atoms with E-state index < -0.39 is 0 Å². The summed E-state index contributed by atoms with van der Waals surface area (Å²) in [5.74, 6) is 1.36. The highest BCUT2D eigenvalue weighted by atomic mass is 35.5. The van der Waals surface area contributed by atoms with Crippen LogP contribution in [-0.4, -0.2) is 53.6 Å². The number of hydrogen-bond donors (Lipinski definition) is 1. The Balaban J connectivity index is 1.45. The smallest absolute Gasteiger partial charge is 0.260 e. The molecule has 8 heteroatoms. The van der Waals surface area contributed by atoms with Crippen LogP contribution in [0.25, 0.3) is 10.9 Å². The van der Waals surface area contributed by atoms with E-state index in [1.807, 2.05) is 23.1 Å². The number of rotatable bonds is 5. The summed E-state index contributed by atoms with van der Waals surface area (Å²) >= 11 is 6.22. The van der Waals surface area contributed by atoms with E-state index in [0.717, 1.165) is 0 Å². The van der Waals surface area contributed by atoms with Crippen LogP contribution in [0.15, 0.2) is 47.3 Å². The number of H-pyrrole nitrogens is 1. The molecule has 2 heterocycles. The van der Waals surface area contributed by atoms with Gasteiger partial charge in [0.2, 0.25) is 5.95 Å². The molecule has 0 unspecified atom stereocenters. The summed E-state index contributed by atoms with van der Waals surface area (Å²) < 4.78 is 5.74. The van der Waals surface area contributed by atoms with Gasteiger partial charge in [-0.2, -0.15) is 0 Å². The number of hydrogen-bond acceptors (Lipinski definition) is 5. The number of nitrogens with zero attached hydrogens (tertiary/aromatic N) is 3. The third-order valence-corrected chi connectivity index (χ3v) is 5.53. The second-order valence-corrected chi connectivity index (χ2v) is 8.44. The highest BCUT2D eigenvalue weighted by Gasteiger charge is 2.24. The number of aromatic nitrogens is 2. The molecule has 0 saturated carbocycles. The Kier molecular flexibility index (Phi) is 6.13. The highest BCUT2D eigenvalue weighted by Crippen LogP contribution is 2.27. The van der Waals surface area contributed by atoms with Gasteiger partial charge in [0.1, 0.15) is 5.75 Å². The van der Waals surface area contributed by atoms with Crippen molar-refractivity contribution in [3.8, 4) is 5.75 Å². The van der Waals surface area contributed by atoms with Gasteiger partial charge >= 0.3 is 0 Å². The van der Waals surface area contributed by atoms with Gasteiger partial charge in [-0.3, -0.25) is 14.6 Å². The quantitative estimate of drug-likeness (QED) is 0.656. The van der Waals surface area contributed by atoms with Gasteiger partial charge in [-0.1, -0.05) is 37.6 Å². The Labute approximate surface area is 185 Å². The Morgan fingerprint density at radius 2 is 1.90 bits per heavy atom. The number of halogens is 1. The lowest BCUT2D eigenvalue weighted by atomic mass is 10.1. The number of ether oxygens (including phenoxy) is 1. The van der Waals surface area contributed by atoms with Crippen LogP contribution in [0.2, 0.25) is 5.02 Å². The molecule has 1 aliphatic heterocycles. The van der Waals surface area contributed by atoms with Gasteiger partial charge < -0.3 is 14.5 Å². The first-order chi connectivity index (χ1) is 14.9. The fraction of sp³-hybridized carbons (Fsp3) is 0.348. The minimum atomic E-state index is -0.158. The molecule has 4 rings (SSSR count). The Morgan fingerprint density at radius 3 is 2.65 bits per heavy atom. The molecule has 0 atom stereocenters. The van der Waals surface area contributed by atoms with Crippen molar-refractivity contribution in [1.29, 1.82) is 0 Å². The maximum atomic E-state index is 13.0. The minimum absolute atomic E-state index is 0.0642. The molecule has 0 bridgehead atoms. The van der Waals surface area contributed by atoms with Crippen molar-refractivity contribution >= 4 is 34.4 Å². The van der Waals surface area contributed by atoms with E-state index in [-0.39, 0.29) is 11.5 Å². The van der Waals surface area contributed by atoms with Crippen LogP contribution in [0.5, 0.6) is 5.75 Å². The monoisotopic (exact) mass is 440 g/mol. The van der Waals surface area contributed by atoms with Crippen molar-refractivity contribution < 1.29 is 9.53 Å². The molecule has 1 saturated heterocycles. The van der Waals surface area contributed by atoms with Gasteiger partial charge in [-0.05, 0) is 36.2 Å². The first kappa shape index (κ1) is 21.2. The zero-order valence-electron chi connectivity index (χ0n) is 17.6. The largest absolute Gasteiger partial charge is 0.492 e. The number of benzene rings is 2. The molecule has 1 aromatic heterocycles. The topological polar surface area (TPSA) is 78.5 Å². The van der Waals surface area contributed by atoms with E-state index in [1.54, 1.807) is 29.2 Å². The molecule has 7 nitrogen and oxygen atoms in total. The summed E-state index contributed by atoms with van der Waals surface area (Å²) in [5.41, 5.74) is 1.05. The van der Waals surface area contributed by atoms with Crippen LogP contribution in [-0.2, 0) is 0 Å². The lowest BCUT2D eigenvalue weighted by Crippen LogP contribution is -2.49. The molecule has 1 amide bonds. The average molecular weight is 441 g/mol. The molecule has 1 aliphatic rings. The van der Waals surface area contributed by atoms with Gasteiger partial charge in [-0.15, -0.1) is 0 Å². The predicted octanol–water partition coefficient (Wildman–Crippen LogP) is 3.57. The molecule has 0 radical (unpaired) electrons. The number of aromatic amines is 1. The van der Waals surface area contributed by atoms with Crippen LogP contribution < -0.4 is 15.2 Å². The summed E-state index contributed by atoms with van der Waals surface area (Å²) in [6.45, 7) is 6.86. The Hall–Kier alpha value is -3.06. The first-order valence-corrected chi connectivity index (χ1v) is 10.8. The van der Waals surface area contributed by atoms with E-state index in [0.29, 0.717) is 71.9 Å². The molecule has 31 heavy (non-hydrogen) atoms. The number of carbonyl (C=O) groups is 1. The highest BCUT2D eigenvalue weighted by molar-refractivity contribution is 6.32. The number of anilines is 1. The van der Waals surface area contributed by atoms with Crippen LogP contribution >= 0.6 is 11.6 Å². The van der Waals surface area contributed by atoms with E-state index in [2.05, 4.69) is 23.8 Å². The summed E-state index contributed by atoms with van der Waals surface area (Å²) in [4.78, 5) is 36.6. The van der Waals surface area contributed by atoms with Gasteiger partial charge in [0, 0.05) is 31.7 Å². The molecule has 1 N–H and O–H groups in total. The number of carbonyl (C=O) groups excluding carboxylic acids is 1.